The monoisotopic (exact) mass is 281 g/mol. The van der Waals surface area contributed by atoms with Crippen LogP contribution in [0.15, 0.2) is 18.2 Å². The molecule has 1 saturated carbocycles. The number of hydrogen-bond acceptors (Lipinski definition) is 2. The molecule has 1 fully saturated rings. The van der Waals surface area contributed by atoms with Crippen LogP contribution in [0.4, 0.5) is 5.69 Å². The zero-order valence-electron chi connectivity index (χ0n) is 11.0. The first-order valence-corrected chi connectivity index (χ1v) is 7.31. The molecule has 0 bridgehead atoms. The summed E-state index contributed by atoms with van der Waals surface area (Å²) in [6.07, 6.45) is 7.96. The number of hydrogen-bond donors (Lipinski definition) is 2. The van der Waals surface area contributed by atoms with E-state index in [0.29, 0.717) is 23.0 Å². The van der Waals surface area contributed by atoms with E-state index < -0.39 is 0 Å². The van der Waals surface area contributed by atoms with Gasteiger partial charge in [0.1, 0.15) is 5.75 Å². The van der Waals surface area contributed by atoms with Crippen molar-refractivity contribution in [1.82, 2.24) is 0 Å². The highest BCUT2D eigenvalue weighted by Crippen LogP contribution is 2.28. The van der Waals surface area contributed by atoms with Gasteiger partial charge in [0.2, 0.25) is 5.91 Å². The van der Waals surface area contributed by atoms with Crippen molar-refractivity contribution in [3.8, 4) is 5.75 Å². The standard InChI is InChI=1S/C15H20ClNO2/c16-13-10-12(18)7-8-14(13)17-15(19)9-6-11-4-2-1-3-5-11/h7-8,10-11,18H,1-6,9H2,(H,17,19). The van der Waals surface area contributed by atoms with E-state index in [4.69, 9.17) is 11.6 Å². The Balaban J connectivity index is 1.80. The van der Waals surface area contributed by atoms with Gasteiger partial charge in [-0.25, -0.2) is 0 Å². The third-order valence-corrected chi connectivity index (χ3v) is 4.04. The van der Waals surface area contributed by atoms with Gasteiger partial charge in [-0.2, -0.15) is 0 Å². The molecule has 0 heterocycles. The minimum Gasteiger partial charge on any atom is -0.508 e. The molecule has 1 aliphatic carbocycles. The molecule has 19 heavy (non-hydrogen) atoms. The minimum atomic E-state index is -0.00170. The molecule has 104 valence electrons. The largest absolute Gasteiger partial charge is 0.508 e. The van der Waals surface area contributed by atoms with Gasteiger partial charge in [-0.05, 0) is 24.5 Å². The highest BCUT2D eigenvalue weighted by atomic mass is 35.5. The molecule has 0 radical (unpaired) electrons. The summed E-state index contributed by atoms with van der Waals surface area (Å²) in [5.41, 5.74) is 0.563. The lowest BCUT2D eigenvalue weighted by Gasteiger charge is -2.21. The van der Waals surface area contributed by atoms with Gasteiger partial charge in [-0.3, -0.25) is 4.79 Å². The van der Waals surface area contributed by atoms with Crippen molar-refractivity contribution in [3.05, 3.63) is 23.2 Å². The molecule has 2 rings (SSSR count). The number of phenols is 1. The predicted octanol–water partition coefficient (Wildman–Crippen LogP) is 4.34. The van der Waals surface area contributed by atoms with Crippen LogP contribution in [-0.2, 0) is 4.79 Å². The fourth-order valence-corrected chi connectivity index (χ4v) is 2.85. The zero-order valence-corrected chi connectivity index (χ0v) is 11.7. The SMILES string of the molecule is O=C(CCC1CCCCC1)Nc1ccc(O)cc1Cl. The van der Waals surface area contributed by atoms with E-state index in [-0.39, 0.29) is 11.7 Å². The summed E-state index contributed by atoms with van der Waals surface area (Å²) >= 11 is 5.95. The van der Waals surface area contributed by atoms with E-state index in [1.165, 1.54) is 44.2 Å². The normalized spacial score (nSPS) is 16.3. The van der Waals surface area contributed by atoms with E-state index in [0.717, 1.165) is 6.42 Å². The van der Waals surface area contributed by atoms with Crippen molar-refractivity contribution in [2.45, 2.75) is 44.9 Å². The van der Waals surface area contributed by atoms with Crippen molar-refractivity contribution in [2.75, 3.05) is 5.32 Å². The lowest BCUT2D eigenvalue weighted by Crippen LogP contribution is -2.15. The number of nitrogens with one attached hydrogen (secondary N) is 1. The number of phenolic OH excluding ortho intramolecular Hbond substituents is 1. The second-order valence-electron chi connectivity index (χ2n) is 5.26. The predicted molar refractivity (Wildman–Crippen MR) is 77.6 cm³/mol. The fourth-order valence-electron chi connectivity index (χ4n) is 2.63. The Morgan fingerprint density at radius 1 is 1.32 bits per heavy atom. The van der Waals surface area contributed by atoms with Gasteiger partial charge in [0.05, 0.1) is 10.7 Å². The first kappa shape index (κ1) is 14.2. The van der Waals surface area contributed by atoms with Crippen LogP contribution in [0.2, 0.25) is 5.02 Å². The third kappa shape index (κ3) is 4.43. The summed E-state index contributed by atoms with van der Waals surface area (Å²) in [7, 11) is 0. The van der Waals surface area contributed by atoms with Gasteiger partial charge in [-0.15, -0.1) is 0 Å². The van der Waals surface area contributed by atoms with Gasteiger partial charge in [0, 0.05) is 12.5 Å². The van der Waals surface area contributed by atoms with Crippen molar-refractivity contribution in [1.29, 1.82) is 0 Å². The molecular formula is C15H20ClNO2. The average molecular weight is 282 g/mol. The van der Waals surface area contributed by atoms with Crippen molar-refractivity contribution >= 4 is 23.2 Å². The topological polar surface area (TPSA) is 49.3 Å². The van der Waals surface area contributed by atoms with Gasteiger partial charge in [-0.1, -0.05) is 43.7 Å². The average Bonchev–Trinajstić information content (AvgIpc) is 2.41. The summed E-state index contributed by atoms with van der Waals surface area (Å²) in [4.78, 5) is 11.9. The zero-order chi connectivity index (χ0) is 13.7. The maximum absolute atomic E-state index is 11.9. The van der Waals surface area contributed by atoms with Crippen molar-refractivity contribution < 1.29 is 9.90 Å². The van der Waals surface area contributed by atoms with Gasteiger partial charge in [0.25, 0.3) is 0 Å². The van der Waals surface area contributed by atoms with E-state index in [9.17, 15) is 9.90 Å². The molecule has 4 heteroatoms. The number of rotatable bonds is 4. The van der Waals surface area contributed by atoms with Crippen LogP contribution in [0.25, 0.3) is 0 Å². The molecule has 1 aromatic rings. The fraction of sp³-hybridized carbons (Fsp3) is 0.533. The molecule has 0 aromatic heterocycles. The Labute approximate surface area is 119 Å². The summed E-state index contributed by atoms with van der Waals surface area (Å²) < 4.78 is 0. The number of carbonyl (C=O) groups is 1. The van der Waals surface area contributed by atoms with Crippen molar-refractivity contribution in [3.63, 3.8) is 0 Å². The highest BCUT2D eigenvalue weighted by molar-refractivity contribution is 6.33. The summed E-state index contributed by atoms with van der Waals surface area (Å²) in [5.74, 6) is 0.804. The van der Waals surface area contributed by atoms with Gasteiger partial charge < -0.3 is 10.4 Å². The maximum Gasteiger partial charge on any atom is 0.224 e. The van der Waals surface area contributed by atoms with Gasteiger partial charge >= 0.3 is 0 Å². The van der Waals surface area contributed by atoms with Crippen LogP contribution in [0.1, 0.15) is 44.9 Å². The molecule has 0 atom stereocenters. The molecule has 0 saturated heterocycles. The summed E-state index contributed by atoms with van der Waals surface area (Å²) in [6.45, 7) is 0. The Bertz CT molecular complexity index is 442. The minimum absolute atomic E-state index is 0.00170. The van der Waals surface area contributed by atoms with Crippen LogP contribution >= 0.6 is 11.6 Å². The van der Waals surface area contributed by atoms with E-state index in [1.807, 2.05) is 0 Å². The van der Waals surface area contributed by atoms with E-state index in [1.54, 1.807) is 6.07 Å². The van der Waals surface area contributed by atoms with Crippen molar-refractivity contribution in [2.24, 2.45) is 5.92 Å². The summed E-state index contributed by atoms with van der Waals surface area (Å²) in [5, 5.41) is 12.4. The number of halogens is 1. The lowest BCUT2D eigenvalue weighted by atomic mass is 9.86. The van der Waals surface area contributed by atoms with Crippen LogP contribution in [0.5, 0.6) is 5.75 Å². The molecule has 1 amide bonds. The quantitative estimate of drug-likeness (QED) is 0.806. The van der Waals surface area contributed by atoms with Gasteiger partial charge in [0.15, 0.2) is 0 Å². The Kier molecular flexibility index (Phi) is 5.08. The molecular weight excluding hydrogens is 262 g/mol. The second kappa shape index (κ2) is 6.80. The molecule has 0 spiro atoms. The number of aromatic hydroxyl groups is 1. The number of amides is 1. The number of benzene rings is 1. The van der Waals surface area contributed by atoms with Crippen LogP contribution in [0, 0.1) is 5.92 Å². The second-order valence-corrected chi connectivity index (χ2v) is 5.66. The highest BCUT2D eigenvalue weighted by Gasteiger charge is 2.15. The molecule has 0 aliphatic heterocycles. The lowest BCUT2D eigenvalue weighted by molar-refractivity contribution is -0.116. The third-order valence-electron chi connectivity index (χ3n) is 3.73. The Hall–Kier alpha value is -1.22. The Morgan fingerprint density at radius 3 is 2.74 bits per heavy atom. The van der Waals surface area contributed by atoms with Crippen LogP contribution in [0.3, 0.4) is 0 Å². The smallest absolute Gasteiger partial charge is 0.224 e. The number of anilines is 1. The molecule has 1 aromatic carbocycles. The molecule has 2 N–H and O–H groups in total. The van der Waals surface area contributed by atoms with E-state index in [2.05, 4.69) is 5.32 Å². The molecule has 0 unspecified atom stereocenters. The van der Waals surface area contributed by atoms with Crippen LogP contribution in [-0.4, -0.2) is 11.0 Å². The van der Waals surface area contributed by atoms with E-state index >= 15 is 0 Å². The van der Waals surface area contributed by atoms with Crippen LogP contribution < -0.4 is 5.32 Å². The first-order chi connectivity index (χ1) is 9.15. The first-order valence-electron chi connectivity index (χ1n) is 6.93. The summed E-state index contributed by atoms with van der Waals surface area (Å²) in [6, 6.07) is 4.57. The maximum atomic E-state index is 11.9. The Morgan fingerprint density at radius 2 is 2.05 bits per heavy atom. The molecule has 1 aliphatic rings. The number of carbonyl (C=O) groups excluding carboxylic acids is 1. The molecule has 3 nitrogen and oxygen atoms in total.